The van der Waals surface area contributed by atoms with Gasteiger partial charge in [0.2, 0.25) is 0 Å². The van der Waals surface area contributed by atoms with E-state index in [-0.39, 0.29) is 12.0 Å². The largest absolute Gasteiger partial charge is 0.491 e. The van der Waals surface area contributed by atoms with Gasteiger partial charge in [-0.05, 0) is 75.6 Å². The number of ether oxygens (including phenoxy) is 2. The summed E-state index contributed by atoms with van der Waals surface area (Å²) >= 11 is 0. The number of amides is 1. The second kappa shape index (κ2) is 8.56. The Hall–Kier alpha value is -2.49. The molecule has 2 aromatic rings. The lowest BCUT2D eigenvalue weighted by atomic mass is 10.1. The van der Waals surface area contributed by atoms with Gasteiger partial charge in [0.15, 0.2) is 6.10 Å². The molecule has 1 atom stereocenters. The fourth-order valence-corrected chi connectivity index (χ4v) is 2.38. The minimum Gasteiger partial charge on any atom is -0.491 e. The third kappa shape index (κ3) is 5.82. The lowest BCUT2D eigenvalue weighted by molar-refractivity contribution is -0.127. The molecule has 0 unspecified atom stereocenters. The van der Waals surface area contributed by atoms with Crippen LogP contribution in [0.15, 0.2) is 42.5 Å². The number of rotatable bonds is 7. The number of carbonyl (C=O) groups excluding carboxylic acids is 1. The molecule has 0 spiro atoms. The van der Waals surface area contributed by atoms with Crippen LogP contribution in [-0.2, 0) is 11.3 Å². The van der Waals surface area contributed by atoms with Gasteiger partial charge in [0.1, 0.15) is 11.5 Å². The van der Waals surface area contributed by atoms with Crippen molar-refractivity contribution < 1.29 is 14.3 Å². The fraction of sp³-hybridized carbons (Fsp3) is 0.381. The molecule has 0 heterocycles. The van der Waals surface area contributed by atoms with Crippen molar-refractivity contribution >= 4 is 5.91 Å². The molecule has 0 radical (unpaired) electrons. The highest BCUT2D eigenvalue weighted by Gasteiger charge is 2.14. The lowest BCUT2D eigenvalue weighted by Gasteiger charge is -2.16. The van der Waals surface area contributed by atoms with Gasteiger partial charge >= 0.3 is 0 Å². The Bertz CT molecular complexity index is 725. The maximum absolute atomic E-state index is 12.3. The molecule has 0 aliphatic rings. The van der Waals surface area contributed by atoms with E-state index in [0.717, 1.165) is 16.9 Å². The molecule has 0 aliphatic carbocycles. The Morgan fingerprint density at radius 1 is 0.960 bits per heavy atom. The number of benzene rings is 2. The molecule has 0 bridgehead atoms. The van der Waals surface area contributed by atoms with Gasteiger partial charge in [0, 0.05) is 6.54 Å². The summed E-state index contributed by atoms with van der Waals surface area (Å²) in [6, 6.07) is 13.6. The van der Waals surface area contributed by atoms with Crippen LogP contribution in [0.4, 0.5) is 0 Å². The first-order valence-electron chi connectivity index (χ1n) is 8.62. The molecule has 0 saturated heterocycles. The quantitative estimate of drug-likeness (QED) is 0.822. The Morgan fingerprint density at radius 2 is 1.68 bits per heavy atom. The molecule has 25 heavy (non-hydrogen) atoms. The van der Waals surface area contributed by atoms with E-state index in [1.807, 2.05) is 70.2 Å². The van der Waals surface area contributed by atoms with Crippen molar-refractivity contribution in [2.75, 3.05) is 0 Å². The zero-order chi connectivity index (χ0) is 18.4. The summed E-state index contributed by atoms with van der Waals surface area (Å²) in [4.78, 5) is 12.3. The van der Waals surface area contributed by atoms with Crippen LogP contribution in [0.1, 0.15) is 37.5 Å². The molecule has 2 aromatic carbocycles. The van der Waals surface area contributed by atoms with Crippen molar-refractivity contribution in [2.24, 2.45) is 0 Å². The number of aryl methyl sites for hydroxylation is 2. The molecule has 0 fully saturated rings. The lowest BCUT2D eigenvalue weighted by Crippen LogP contribution is -2.35. The van der Waals surface area contributed by atoms with Gasteiger partial charge in [-0.25, -0.2) is 0 Å². The molecule has 0 aromatic heterocycles. The van der Waals surface area contributed by atoms with Gasteiger partial charge in [-0.2, -0.15) is 0 Å². The SMILES string of the molecule is Cc1ccc(O[C@@H](C)C(=O)NCc2cccc(OC(C)C)c2)cc1C. The van der Waals surface area contributed by atoms with Crippen molar-refractivity contribution in [3.8, 4) is 11.5 Å². The zero-order valence-corrected chi connectivity index (χ0v) is 15.6. The van der Waals surface area contributed by atoms with E-state index in [1.54, 1.807) is 6.92 Å². The van der Waals surface area contributed by atoms with Gasteiger partial charge in [0.05, 0.1) is 6.10 Å². The van der Waals surface area contributed by atoms with Crippen molar-refractivity contribution in [1.29, 1.82) is 0 Å². The Balaban J connectivity index is 1.89. The number of hydrogen-bond acceptors (Lipinski definition) is 3. The van der Waals surface area contributed by atoms with E-state index in [4.69, 9.17) is 9.47 Å². The van der Waals surface area contributed by atoms with Crippen LogP contribution in [0.2, 0.25) is 0 Å². The second-order valence-corrected chi connectivity index (χ2v) is 6.54. The van der Waals surface area contributed by atoms with Crippen LogP contribution in [0.25, 0.3) is 0 Å². The summed E-state index contributed by atoms with van der Waals surface area (Å²) in [5.74, 6) is 1.37. The fourth-order valence-electron chi connectivity index (χ4n) is 2.38. The van der Waals surface area contributed by atoms with Crippen LogP contribution in [0, 0.1) is 13.8 Å². The third-order valence-corrected chi connectivity index (χ3v) is 3.90. The monoisotopic (exact) mass is 341 g/mol. The van der Waals surface area contributed by atoms with Gasteiger partial charge in [-0.3, -0.25) is 4.79 Å². The maximum atomic E-state index is 12.3. The Labute approximate surface area is 150 Å². The molecule has 4 heteroatoms. The minimum atomic E-state index is -0.558. The highest BCUT2D eigenvalue weighted by Crippen LogP contribution is 2.18. The Kier molecular flexibility index (Phi) is 6.45. The molecule has 134 valence electrons. The van der Waals surface area contributed by atoms with E-state index >= 15 is 0 Å². The first-order chi connectivity index (χ1) is 11.8. The van der Waals surface area contributed by atoms with E-state index in [9.17, 15) is 4.79 Å². The van der Waals surface area contributed by atoms with Crippen LogP contribution >= 0.6 is 0 Å². The van der Waals surface area contributed by atoms with Crippen LogP contribution in [0.3, 0.4) is 0 Å². The van der Waals surface area contributed by atoms with Gasteiger partial charge in [0.25, 0.3) is 5.91 Å². The molecule has 0 aliphatic heterocycles. The molecule has 0 saturated carbocycles. The van der Waals surface area contributed by atoms with E-state index in [2.05, 4.69) is 5.32 Å². The number of nitrogens with one attached hydrogen (secondary N) is 1. The molecule has 1 N–H and O–H groups in total. The highest BCUT2D eigenvalue weighted by atomic mass is 16.5. The summed E-state index contributed by atoms with van der Waals surface area (Å²) in [5, 5.41) is 2.91. The van der Waals surface area contributed by atoms with Crippen LogP contribution < -0.4 is 14.8 Å². The highest BCUT2D eigenvalue weighted by molar-refractivity contribution is 5.80. The zero-order valence-electron chi connectivity index (χ0n) is 15.6. The Morgan fingerprint density at radius 3 is 2.36 bits per heavy atom. The third-order valence-electron chi connectivity index (χ3n) is 3.90. The maximum Gasteiger partial charge on any atom is 0.261 e. The first-order valence-corrected chi connectivity index (χ1v) is 8.62. The van der Waals surface area contributed by atoms with Crippen molar-refractivity contribution in [1.82, 2.24) is 5.32 Å². The molecular weight excluding hydrogens is 314 g/mol. The van der Waals surface area contributed by atoms with Crippen LogP contribution in [0.5, 0.6) is 11.5 Å². The van der Waals surface area contributed by atoms with E-state index in [1.165, 1.54) is 5.56 Å². The minimum absolute atomic E-state index is 0.122. The first kappa shape index (κ1) is 18.8. The van der Waals surface area contributed by atoms with Crippen molar-refractivity contribution in [2.45, 2.75) is 53.4 Å². The van der Waals surface area contributed by atoms with E-state index < -0.39 is 6.10 Å². The van der Waals surface area contributed by atoms with Gasteiger partial charge < -0.3 is 14.8 Å². The summed E-state index contributed by atoms with van der Waals surface area (Å²) in [6.45, 7) is 10.2. The van der Waals surface area contributed by atoms with Gasteiger partial charge in [-0.15, -0.1) is 0 Å². The number of carbonyl (C=O) groups is 1. The summed E-state index contributed by atoms with van der Waals surface area (Å²) in [7, 11) is 0. The van der Waals surface area contributed by atoms with Gasteiger partial charge in [-0.1, -0.05) is 18.2 Å². The molecular formula is C21H27NO3. The molecule has 1 amide bonds. The van der Waals surface area contributed by atoms with Crippen molar-refractivity contribution in [3.05, 3.63) is 59.2 Å². The standard InChI is InChI=1S/C21H27NO3/c1-14(2)24-19-8-6-7-18(12-19)13-22-21(23)17(5)25-20-10-9-15(3)16(4)11-20/h6-12,14,17H,13H2,1-5H3,(H,22,23)/t17-/m0/s1. The molecule has 2 rings (SSSR count). The second-order valence-electron chi connectivity index (χ2n) is 6.54. The van der Waals surface area contributed by atoms with Crippen molar-refractivity contribution in [3.63, 3.8) is 0 Å². The number of hydrogen-bond donors (Lipinski definition) is 1. The smallest absolute Gasteiger partial charge is 0.261 e. The summed E-state index contributed by atoms with van der Waals surface area (Å²) in [5.41, 5.74) is 3.34. The normalized spacial score (nSPS) is 11.9. The topological polar surface area (TPSA) is 47.6 Å². The van der Waals surface area contributed by atoms with E-state index in [0.29, 0.717) is 12.3 Å². The predicted octanol–water partition coefficient (Wildman–Crippen LogP) is 4.17. The summed E-state index contributed by atoms with van der Waals surface area (Å²) in [6.07, 6.45) is -0.437. The summed E-state index contributed by atoms with van der Waals surface area (Å²) < 4.78 is 11.4. The molecule has 4 nitrogen and oxygen atoms in total. The van der Waals surface area contributed by atoms with Crippen LogP contribution in [-0.4, -0.2) is 18.1 Å². The average molecular weight is 341 g/mol. The predicted molar refractivity (Wildman–Crippen MR) is 100 cm³/mol. The average Bonchev–Trinajstić information content (AvgIpc) is 2.55.